The van der Waals surface area contributed by atoms with Crippen molar-refractivity contribution in [3.05, 3.63) is 23.8 Å². The number of hydrogen-bond donors (Lipinski definition) is 2. The fourth-order valence-corrected chi connectivity index (χ4v) is 2.04. The Morgan fingerprint density at radius 1 is 1.33 bits per heavy atom. The van der Waals surface area contributed by atoms with Crippen LogP contribution in [-0.4, -0.2) is 47.1 Å². The summed E-state index contributed by atoms with van der Waals surface area (Å²) >= 11 is 0. The van der Waals surface area contributed by atoms with E-state index in [4.69, 9.17) is 0 Å². The van der Waals surface area contributed by atoms with E-state index in [9.17, 15) is 9.59 Å². The van der Waals surface area contributed by atoms with Crippen molar-refractivity contribution in [2.75, 3.05) is 25.5 Å². The van der Waals surface area contributed by atoms with Gasteiger partial charge in [0.1, 0.15) is 0 Å². The molecule has 0 bridgehead atoms. The number of benzene rings is 1. The van der Waals surface area contributed by atoms with Gasteiger partial charge in [-0.1, -0.05) is 0 Å². The summed E-state index contributed by atoms with van der Waals surface area (Å²) in [6.45, 7) is 5.19. The Kier molecular flexibility index (Phi) is 4.42. The van der Waals surface area contributed by atoms with E-state index in [-0.39, 0.29) is 11.9 Å². The number of anilines is 1. The highest BCUT2D eigenvalue weighted by Gasteiger charge is 2.14. The second-order valence-corrected chi connectivity index (χ2v) is 4.41. The number of aromatic amines is 1. The molecule has 0 unspecified atom stereocenters. The second kappa shape index (κ2) is 6.25. The molecule has 2 amide bonds. The van der Waals surface area contributed by atoms with Gasteiger partial charge in [0.25, 0.3) is 5.91 Å². The number of aromatic nitrogens is 2. The van der Waals surface area contributed by atoms with Crippen LogP contribution in [0.4, 0.5) is 10.7 Å². The van der Waals surface area contributed by atoms with E-state index in [0.717, 1.165) is 0 Å². The van der Waals surface area contributed by atoms with Crippen molar-refractivity contribution < 1.29 is 14.3 Å². The molecule has 0 atom stereocenters. The van der Waals surface area contributed by atoms with Crippen LogP contribution in [0.3, 0.4) is 0 Å². The number of carbonyl (C=O) groups excluding carboxylic acids is 2. The molecular weight excluding hydrogens is 272 g/mol. The van der Waals surface area contributed by atoms with Crippen molar-refractivity contribution in [2.45, 2.75) is 13.8 Å². The first-order valence-corrected chi connectivity index (χ1v) is 6.73. The number of carbonyl (C=O) groups is 2. The van der Waals surface area contributed by atoms with Crippen molar-refractivity contribution in [1.82, 2.24) is 14.9 Å². The van der Waals surface area contributed by atoms with E-state index in [1.165, 1.54) is 7.11 Å². The number of H-pyrrole nitrogens is 1. The fraction of sp³-hybridized carbons (Fsp3) is 0.357. The van der Waals surface area contributed by atoms with Crippen LogP contribution in [-0.2, 0) is 4.74 Å². The minimum absolute atomic E-state index is 0.0287. The molecule has 112 valence electrons. The molecule has 2 aromatic rings. The van der Waals surface area contributed by atoms with Gasteiger partial charge >= 0.3 is 6.09 Å². The van der Waals surface area contributed by atoms with E-state index >= 15 is 0 Å². The lowest BCUT2D eigenvalue weighted by Crippen LogP contribution is -2.30. The summed E-state index contributed by atoms with van der Waals surface area (Å²) in [6.07, 6.45) is -0.603. The summed E-state index contributed by atoms with van der Waals surface area (Å²) in [5, 5.41) is 2.45. The average molecular weight is 290 g/mol. The van der Waals surface area contributed by atoms with Crippen molar-refractivity contribution in [3.8, 4) is 0 Å². The lowest BCUT2D eigenvalue weighted by molar-refractivity contribution is 0.0773. The zero-order valence-corrected chi connectivity index (χ0v) is 12.3. The Bertz CT molecular complexity index is 661. The van der Waals surface area contributed by atoms with Crippen LogP contribution in [0.15, 0.2) is 18.2 Å². The van der Waals surface area contributed by atoms with Gasteiger partial charge in [-0.3, -0.25) is 10.1 Å². The van der Waals surface area contributed by atoms with Crippen LogP contribution in [0.5, 0.6) is 0 Å². The lowest BCUT2D eigenvalue weighted by atomic mass is 10.1. The number of imidazole rings is 1. The van der Waals surface area contributed by atoms with Gasteiger partial charge < -0.3 is 14.6 Å². The predicted molar refractivity (Wildman–Crippen MR) is 79.4 cm³/mol. The zero-order chi connectivity index (χ0) is 15.4. The third-order valence-electron chi connectivity index (χ3n) is 3.19. The Hall–Kier alpha value is -2.57. The van der Waals surface area contributed by atoms with Crippen LogP contribution in [0.2, 0.25) is 0 Å². The molecule has 0 spiro atoms. The van der Waals surface area contributed by atoms with Crippen molar-refractivity contribution >= 4 is 29.0 Å². The molecule has 0 fully saturated rings. The van der Waals surface area contributed by atoms with E-state index in [1.54, 1.807) is 23.1 Å². The van der Waals surface area contributed by atoms with Crippen molar-refractivity contribution in [3.63, 3.8) is 0 Å². The molecule has 2 rings (SSSR count). The quantitative estimate of drug-likeness (QED) is 0.903. The molecule has 1 aromatic heterocycles. The Morgan fingerprint density at radius 2 is 2.05 bits per heavy atom. The van der Waals surface area contributed by atoms with Gasteiger partial charge in [-0.15, -0.1) is 0 Å². The van der Waals surface area contributed by atoms with Gasteiger partial charge in [-0.25, -0.2) is 9.78 Å². The van der Waals surface area contributed by atoms with Gasteiger partial charge in [0.2, 0.25) is 5.95 Å². The first-order chi connectivity index (χ1) is 10.1. The molecule has 2 N–H and O–H groups in total. The van der Waals surface area contributed by atoms with Gasteiger partial charge in [-0.05, 0) is 32.0 Å². The smallest absolute Gasteiger partial charge is 0.413 e. The van der Waals surface area contributed by atoms with E-state index in [1.807, 2.05) is 13.8 Å². The molecule has 0 aliphatic heterocycles. The highest BCUT2D eigenvalue weighted by Crippen LogP contribution is 2.17. The van der Waals surface area contributed by atoms with Gasteiger partial charge in [-0.2, -0.15) is 0 Å². The minimum atomic E-state index is -0.603. The molecule has 0 aliphatic rings. The molecule has 7 nitrogen and oxygen atoms in total. The molecule has 0 radical (unpaired) electrons. The Balaban J connectivity index is 2.29. The monoisotopic (exact) mass is 290 g/mol. The number of hydrogen-bond acceptors (Lipinski definition) is 4. The first-order valence-electron chi connectivity index (χ1n) is 6.73. The molecule has 0 saturated heterocycles. The van der Waals surface area contributed by atoms with E-state index < -0.39 is 6.09 Å². The van der Waals surface area contributed by atoms with Crippen molar-refractivity contribution in [2.24, 2.45) is 0 Å². The molecule has 1 heterocycles. The summed E-state index contributed by atoms with van der Waals surface area (Å²) in [7, 11) is 1.28. The van der Waals surface area contributed by atoms with E-state index in [0.29, 0.717) is 29.7 Å². The fourth-order valence-electron chi connectivity index (χ4n) is 2.04. The van der Waals surface area contributed by atoms with Crippen LogP contribution >= 0.6 is 0 Å². The van der Waals surface area contributed by atoms with Crippen LogP contribution in [0.25, 0.3) is 11.0 Å². The van der Waals surface area contributed by atoms with Gasteiger partial charge in [0.05, 0.1) is 18.1 Å². The van der Waals surface area contributed by atoms with E-state index in [2.05, 4.69) is 20.0 Å². The zero-order valence-electron chi connectivity index (χ0n) is 12.3. The maximum atomic E-state index is 12.3. The standard InChI is InChI=1S/C14H18N4O3/c1-4-18(5-2)12(19)9-6-7-10-11(8-9)16-13(15-10)17-14(20)21-3/h6-8H,4-5H2,1-3H3,(H2,15,16,17,20). The molecular formula is C14H18N4O3. The Labute approximate surface area is 122 Å². The van der Waals surface area contributed by atoms with Crippen LogP contribution < -0.4 is 5.32 Å². The third kappa shape index (κ3) is 3.13. The van der Waals surface area contributed by atoms with Crippen LogP contribution in [0.1, 0.15) is 24.2 Å². The minimum Gasteiger partial charge on any atom is -0.453 e. The summed E-state index contributed by atoms with van der Waals surface area (Å²) in [4.78, 5) is 32.3. The highest BCUT2D eigenvalue weighted by atomic mass is 16.5. The Morgan fingerprint density at radius 3 is 2.67 bits per heavy atom. The summed E-state index contributed by atoms with van der Waals surface area (Å²) in [5.41, 5.74) is 1.93. The average Bonchev–Trinajstić information content (AvgIpc) is 2.89. The van der Waals surface area contributed by atoms with Crippen LogP contribution in [0, 0.1) is 0 Å². The molecule has 1 aromatic carbocycles. The highest BCUT2D eigenvalue weighted by molar-refractivity contribution is 5.98. The number of methoxy groups -OCH3 is 1. The molecule has 0 aliphatic carbocycles. The largest absolute Gasteiger partial charge is 0.453 e. The summed E-state index contributed by atoms with van der Waals surface area (Å²) in [6, 6.07) is 5.20. The normalized spacial score (nSPS) is 10.4. The number of nitrogens with zero attached hydrogens (tertiary/aromatic N) is 2. The summed E-state index contributed by atoms with van der Waals surface area (Å²) < 4.78 is 4.50. The second-order valence-electron chi connectivity index (χ2n) is 4.41. The number of amides is 2. The molecule has 0 saturated carbocycles. The number of ether oxygens (including phenoxy) is 1. The number of nitrogens with one attached hydrogen (secondary N) is 2. The topological polar surface area (TPSA) is 87.3 Å². The number of rotatable bonds is 4. The SMILES string of the molecule is CCN(CC)C(=O)c1ccc2nc(NC(=O)OC)[nH]c2c1. The third-order valence-corrected chi connectivity index (χ3v) is 3.19. The maximum absolute atomic E-state index is 12.3. The van der Waals surface area contributed by atoms with Crippen molar-refractivity contribution in [1.29, 1.82) is 0 Å². The summed E-state index contributed by atoms with van der Waals surface area (Å²) in [5.74, 6) is 0.253. The first kappa shape index (κ1) is 14.8. The lowest BCUT2D eigenvalue weighted by Gasteiger charge is -2.18. The van der Waals surface area contributed by atoms with Gasteiger partial charge in [0.15, 0.2) is 0 Å². The van der Waals surface area contributed by atoms with Gasteiger partial charge in [0, 0.05) is 18.7 Å². The predicted octanol–water partition coefficient (Wildman–Crippen LogP) is 2.22. The molecule has 21 heavy (non-hydrogen) atoms. The molecule has 7 heteroatoms. The maximum Gasteiger partial charge on any atom is 0.413 e. The number of fused-ring (bicyclic) bond motifs is 1.